The number of nitrogens with zero attached hydrogens (tertiary/aromatic N) is 3. The molecule has 0 radical (unpaired) electrons. The number of hydrogen-bond donors (Lipinski definition) is 0. The summed E-state index contributed by atoms with van der Waals surface area (Å²) in [6.45, 7) is 1.84. The molecular formula is C17H14ClN3O. The molecule has 0 amide bonds. The predicted molar refractivity (Wildman–Crippen MR) is 87.7 cm³/mol. The summed E-state index contributed by atoms with van der Waals surface area (Å²) in [5.74, 6) is -0.0632. The molecule has 2 aromatic carbocycles. The van der Waals surface area contributed by atoms with Gasteiger partial charge < -0.3 is 4.90 Å². The third kappa shape index (κ3) is 1.77. The Kier molecular flexibility index (Phi) is 2.94. The third-order valence-corrected chi connectivity index (χ3v) is 4.54. The Hall–Kier alpha value is -2.33. The number of carbonyl (C=O) groups is 1. The van der Waals surface area contributed by atoms with Gasteiger partial charge in [-0.2, -0.15) is 5.10 Å². The first-order valence-electron chi connectivity index (χ1n) is 7.17. The lowest BCUT2D eigenvalue weighted by Gasteiger charge is -2.27. The molecule has 2 atom stereocenters. The maximum Gasteiger partial charge on any atom is 0.195 e. The molecule has 1 aliphatic rings. The number of para-hydroxylation sites is 2. The minimum Gasteiger partial charge on any atom is -0.316 e. The van der Waals surface area contributed by atoms with Crippen LogP contribution in [0.4, 0.5) is 11.4 Å². The van der Waals surface area contributed by atoms with Gasteiger partial charge in [0.05, 0.1) is 17.4 Å². The molecule has 4 rings (SSSR count). The average molecular weight is 312 g/mol. The second-order valence-corrected chi connectivity index (χ2v) is 5.84. The average Bonchev–Trinajstić information content (AvgIpc) is 2.96. The number of carbonyl (C=O) groups excluding carboxylic acids is 1. The van der Waals surface area contributed by atoms with E-state index < -0.39 is 11.5 Å². The fourth-order valence-corrected chi connectivity index (χ4v) is 3.40. The van der Waals surface area contributed by atoms with Crippen molar-refractivity contribution in [1.29, 1.82) is 0 Å². The minimum absolute atomic E-state index is 0.0632. The highest BCUT2D eigenvalue weighted by Crippen LogP contribution is 2.39. The molecule has 2 heterocycles. The number of Topliss-reactive ketones (excluding diaryl/α,β-unsaturated/α-hetero) is 1. The van der Waals surface area contributed by atoms with E-state index in [-0.39, 0.29) is 5.78 Å². The molecule has 2 unspecified atom stereocenters. The predicted octanol–water partition coefficient (Wildman–Crippen LogP) is 3.88. The maximum absolute atomic E-state index is 12.7. The molecule has 0 spiro atoms. The summed E-state index contributed by atoms with van der Waals surface area (Å²) in [5, 5.41) is 5.39. The van der Waals surface area contributed by atoms with Crippen LogP contribution >= 0.6 is 11.6 Å². The second-order valence-electron chi connectivity index (χ2n) is 5.42. The molecule has 1 aromatic heterocycles. The lowest BCUT2D eigenvalue weighted by molar-refractivity contribution is -0.121. The van der Waals surface area contributed by atoms with E-state index in [1.165, 1.54) is 0 Å². The summed E-state index contributed by atoms with van der Waals surface area (Å²) in [7, 11) is 0. The number of halogens is 1. The van der Waals surface area contributed by atoms with E-state index in [1.54, 1.807) is 10.9 Å². The van der Waals surface area contributed by atoms with Crippen LogP contribution < -0.4 is 4.90 Å². The molecule has 0 saturated heterocycles. The monoisotopic (exact) mass is 311 g/mol. The number of alkyl halides is 1. The van der Waals surface area contributed by atoms with Crippen LogP contribution in [0, 0.1) is 0 Å². The number of anilines is 2. The Balaban J connectivity index is 2.05. The van der Waals surface area contributed by atoms with Crippen molar-refractivity contribution in [3.8, 4) is 0 Å². The van der Waals surface area contributed by atoms with E-state index in [1.807, 2.05) is 60.4 Å². The number of rotatable bonds is 1. The van der Waals surface area contributed by atoms with Crippen molar-refractivity contribution in [3.05, 3.63) is 54.7 Å². The normalized spacial score (nSPS) is 21.2. The van der Waals surface area contributed by atoms with Gasteiger partial charge in [0, 0.05) is 11.1 Å². The standard InChI is InChI=1S/C17H14ClN3O/c1-11-16(22)17(18)20(13-7-3-2-4-8-13)14-9-5-6-12-10-19-21(11)15(12)14/h2-11,17H,1H3. The quantitative estimate of drug-likeness (QED) is 0.505. The van der Waals surface area contributed by atoms with Crippen LogP contribution in [-0.2, 0) is 4.79 Å². The third-order valence-electron chi connectivity index (χ3n) is 4.13. The molecule has 0 saturated carbocycles. The van der Waals surface area contributed by atoms with Gasteiger partial charge in [0.25, 0.3) is 0 Å². The molecule has 0 aliphatic carbocycles. The van der Waals surface area contributed by atoms with Gasteiger partial charge in [-0.1, -0.05) is 41.9 Å². The van der Waals surface area contributed by atoms with Gasteiger partial charge in [-0.05, 0) is 25.1 Å². The molecule has 110 valence electrons. The number of hydrogen-bond acceptors (Lipinski definition) is 3. The molecule has 0 bridgehead atoms. The summed E-state index contributed by atoms with van der Waals surface area (Å²) in [5.41, 5.74) is 1.98. The largest absolute Gasteiger partial charge is 0.316 e. The zero-order valence-corrected chi connectivity index (χ0v) is 12.7. The van der Waals surface area contributed by atoms with Crippen LogP contribution in [0.15, 0.2) is 54.7 Å². The first-order valence-corrected chi connectivity index (χ1v) is 7.60. The van der Waals surface area contributed by atoms with Crippen molar-refractivity contribution in [2.45, 2.75) is 18.5 Å². The van der Waals surface area contributed by atoms with Crippen molar-refractivity contribution >= 4 is 39.7 Å². The summed E-state index contributed by atoms with van der Waals surface area (Å²) in [4.78, 5) is 14.6. The summed E-state index contributed by atoms with van der Waals surface area (Å²) in [6.07, 6.45) is 1.79. The summed E-state index contributed by atoms with van der Waals surface area (Å²) in [6, 6.07) is 15.3. The smallest absolute Gasteiger partial charge is 0.195 e. The minimum atomic E-state index is -0.760. The van der Waals surface area contributed by atoms with Crippen LogP contribution in [0.1, 0.15) is 13.0 Å². The highest BCUT2D eigenvalue weighted by Gasteiger charge is 2.35. The Bertz CT molecular complexity index is 859. The van der Waals surface area contributed by atoms with Gasteiger partial charge in [-0.3, -0.25) is 9.48 Å². The zero-order valence-electron chi connectivity index (χ0n) is 12.0. The molecule has 1 aliphatic heterocycles. The van der Waals surface area contributed by atoms with Gasteiger partial charge in [-0.15, -0.1) is 0 Å². The van der Waals surface area contributed by atoms with Gasteiger partial charge in [0.1, 0.15) is 6.04 Å². The van der Waals surface area contributed by atoms with Crippen LogP contribution in [0.25, 0.3) is 10.9 Å². The highest BCUT2D eigenvalue weighted by atomic mass is 35.5. The first-order chi connectivity index (χ1) is 10.7. The molecule has 5 heteroatoms. The molecular weight excluding hydrogens is 298 g/mol. The second kappa shape index (κ2) is 4.85. The van der Waals surface area contributed by atoms with Gasteiger partial charge >= 0.3 is 0 Å². The van der Waals surface area contributed by atoms with E-state index in [9.17, 15) is 4.79 Å². The summed E-state index contributed by atoms with van der Waals surface area (Å²) < 4.78 is 1.77. The lowest BCUT2D eigenvalue weighted by atomic mass is 10.2. The molecule has 22 heavy (non-hydrogen) atoms. The van der Waals surface area contributed by atoms with Crippen LogP contribution in [-0.4, -0.2) is 21.1 Å². The van der Waals surface area contributed by atoms with E-state index in [0.29, 0.717) is 0 Å². The van der Waals surface area contributed by atoms with Crippen molar-refractivity contribution < 1.29 is 4.79 Å². The lowest BCUT2D eigenvalue weighted by Crippen LogP contribution is -2.35. The Morgan fingerprint density at radius 1 is 1.09 bits per heavy atom. The Morgan fingerprint density at radius 2 is 1.86 bits per heavy atom. The zero-order chi connectivity index (χ0) is 15.3. The van der Waals surface area contributed by atoms with Crippen LogP contribution in [0.3, 0.4) is 0 Å². The van der Waals surface area contributed by atoms with Gasteiger partial charge in [0.15, 0.2) is 11.3 Å². The van der Waals surface area contributed by atoms with E-state index >= 15 is 0 Å². The molecule has 0 fully saturated rings. The van der Waals surface area contributed by atoms with Gasteiger partial charge in [-0.25, -0.2) is 0 Å². The Morgan fingerprint density at radius 3 is 2.64 bits per heavy atom. The van der Waals surface area contributed by atoms with Crippen molar-refractivity contribution in [1.82, 2.24) is 9.78 Å². The topological polar surface area (TPSA) is 38.1 Å². The van der Waals surface area contributed by atoms with Crippen molar-refractivity contribution in [2.75, 3.05) is 4.90 Å². The highest BCUT2D eigenvalue weighted by molar-refractivity contribution is 6.34. The number of aromatic nitrogens is 2. The SMILES string of the molecule is CC1C(=O)C(Cl)N(c2ccccc2)c2cccc3cnn1c23. The maximum atomic E-state index is 12.7. The first kappa shape index (κ1) is 13.3. The molecule has 0 N–H and O–H groups in total. The molecule has 4 nitrogen and oxygen atoms in total. The van der Waals surface area contributed by atoms with Crippen LogP contribution in [0.2, 0.25) is 0 Å². The number of ketones is 1. The van der Waals surface area contributed by atoms with Crippen LogP contribution in [0.5, 0.6) is 0 Å². The van der Waals surface area contributed by atoms with E-state index in [4.69, 9.17) is 11.6 Å². The fourth-order valence-electron chi connectivity index (χ4n) is 3.00. The fraction of sp³-hybridized carbons (Fsp3) is 0.176. The van der Waals surface area contributed by atoms with Gasteiger partial charge in [0.2, 0.25) is 0 Å². The van der Waals surface area contributed by atoms with Crippen molar-refractivity contribution in [3.63, 3.8) is 0 Å². The summed E-state index contributed by atoms with van der Waals surface area (Å²) >= 11 is 6.53. The van der Waals surface area contributed by atoms with E-state index in [2.05, 4.69) is 5.10 Å². The number of benzene rings is 2. The Labute approximate surface area is 132 Å². The van der Waals surface area contributed by atoms with E-state index in [0.717, 1.165) is 22.3 Å². The van der Waals surface area contributed by atoms with Crippen molar-refractivity contribution in [2.24, 2.45) is 0 Å². The molecule has 3 aromatic rings.